The van der Waals surface area contributed by atoms with Crippen molar-refractivity contribution >= 4 is 0 Å². The Labute approximate surface area is 125 Å². The van der Waals surface area contributed by atoms with Crippen molar-refractivity contribution in [2.24, 2.45) is 17.6 Å². The Balaban J connectivity index is 2.14. The average Bonchev–Trinajstić information content (AvgIpc) is 2.47. The zero-order chi connectivity index (χ0) is 15.4. The molecule has 0 aliphatic carbocycles. The quantitative estimate of drug-likeness (QED) is 0.906. The maximum Gasteiger partial charge on any atom is 0.387 e. The standard InChI is InChI=1S/C16H24F2N2O/c1-11-7-8-20(10-13(11)9-19)12(2)14-5-3-4-6-15(14)21-16(17)18/h3-6,11-13,16H,7-10,19H2,1-2H3. The lowest BCUT2D eigenvalue weighted by molar-refractivity contribution is -0.0513. The van der Waals surface area contributed by atoms with Crippen LogP contribution in [0.1, 0.15) is 31.9 Å². The summed E-state index contributed by atoms with van der Waals surface area (Å²) >= 11 is 0. The highest BCUT2D eigenvalue weighted by molar-refractivity contribution is 5.35. The van der Waals surface area contributed by atoms with Crippen LogP contribution in [0, 0.1) is 11.8 Å². The van der Waals surface area contributed by atoms with Crippen LogP contribution in [0.3, 0.4) is 0 Å². The van der Waals surface area contributed by atoms with Crippen molar-refractivity contribution in [1.82, 2.24) is 4.90 Å². The second kappa shape index (κ2) is 7.18. The Morgan fingerprint density at radius 1 is 1.38 bits per heavy atom. The molecule has 0 bridgehead atoms. The van der Waals surface area contributed by atoms with Crippen LogP contribution in [0.4, 0.5) is 8.78 Å². The predicted molar refractivity (Wildman–Crippen MR) is 79.4 cm³/mol. The van der Waals surface area contributed by atoms with Crippen molar-refractivity contribution in [1.29, 1.82) is 0 Å². The SMILES string of the molecule is CC1CCN(C(C)c2ccccc2OC(F)F)CC1CN. The van der Waals surface area contributed by atoms with Gasteiger partial charge in [0.2, 0.25) is 0 Å². The van der Waals surface area contributed by atoms with E-state index >= 15 is 0 Å². The predicted octanol–water partition coefficient (Wildman–Crippen LogP) is 3.27. The minimum absolute atomic E-state index is 0.0431. The summed E-state index contributed by atoms with van der Waals surface area (Å²) in [6.45, 7) is 4.00. The molecule has 3 nitrogen and oxygen atoms in total. The van der Waals surface area contributed by atoms with E-state index in [-0.39, 0.29) is 11.8 Å². The van der Waals surface area contributed by atoms with Crippen LogP contribution in [0.25, 0.3) is 0 Å². The molecule has 1 aliphatic rings. The van der Waals surface area contributed by atoms with Gasteiger partial charge in [-0.1, -0.05) is 25.1 Å². The summed E-state index contributed by atoms with van der Waals surface area (Å²) in [4.78, 5) is 2.31. The van der Waals surface area contributed by atoms with Crippen LogP contribution < -0.4 is 10.5 Å². The molecule has 2 rings (SSSR count). The van der Waals surface area contributed by atoms with Gasteiger partial charge in [-0.25, -0.2) is 0 Å². The summed E-state index contributed by atoms with van der Waals surface area (Å²) in [6.07, 6.45) is 1.09. The number of hydrogen-bond donors (Lipinski definition) is 1. The zero-order valence-electron chi connectivity index (χ0n) is 12.6. The molecule has 118 valence electrons. The van der Waals surface area contributed by atoms with Crippen LogP contribution in [0.15, 0.2) is 24.3 Å². The van der Waals surface area contributed by atoms with Crippen LogP contribution in [-0.4, -0.2) is 31.1 Å². The normalized spacial score (nSPS) is 25.0. The molecular formula is C16H24F2N2O. The van der Waals surface area contributed by atoms with Gasteiger partial charge in [0.25, 0.3) is 0 Å². The molecule has 21 heavy (non-hydrogen) atoms. The van der Waals surface area contributed by atoms with E-state index in [9.17, 15) is 8.78 Å². The molecular weight excluding hydrogens is 274 g/mol. The number of alkyl halides is 2. The number of rotatable bonds is 5. The summed E-state index contributed by atoms with van der Waals surface area (Å²) in [7, 11) is 0. The number of ether oxygens (including phenoxy) is 1. The van der Waals surface area contributed by atoms with E-state index in [1.54, 1.807) is 12.1 Å². The smallest absolute Gasteiger partial charge is 0.387 e. The Kier molecular flexibility index (Phi) is 5.53. The molecule has 2 N–H and O–H groups in total. The molecule has 1 heterocycles. The van der Waals surface area contributed by atoms with Crippen molar-refractivity contribution in [2.45, 2.75) is 32.9 Å². The summed E-state index contributed by atoms with van der Waals surface area (Å²) in [5.41, 5.74) is 6.65. The zero-order valence-corrected chi connectivity index (χ0v) is 12.6. The Morgan fingerprint density at radius 2 is 2.10 bits per heavy atom. The third-order valence-electron chi connectivity index (χ3n) is 4.58. The maximum absolute atomic E-state index is 12.5. The number of piperidine rings is 1. The van der Waals surface area contributed by atoms with Gasteiger partial charge >= 0.3 is 6.61 Å². The minimum Gasteiger partial charge on any atom is -0.434 e. The lowest BCUT2D eigenvalue weighted by Crippen LogP contribution is -2.43. The lowest BCUT2D eigenvalue weighted by atomic mass is 9.86. The number of hydrogen-bond acceptors (Lipinski definition) is 3. The molecule has 5 heteroatoms. The first-order valence-corrected chi connectivity index (χ1v) is 7.50. The summed E-state index contributed by atoms with van der Waals surface area (Å²) in [6, 6.07) is 7.08. The number of halogens is 2. The highest BCUT2D eigenvalue weighted by Crippen LogP contribution is 2.34. The van der Waals surface area contributed by atoms with Crippen LogP contribution in [-0.2, 0) is 0 Å². The van der Waals surface area contributed by atoms with Gasteiger partial charge in [0.15, 0.2) is 0 Å². The van der Waals surface area contributed by atoms with Gasteiger partial charge in [-0.3, -0.25) is 4.90 Å². The molecule has 0 amide bonds. The molecule has 0 radical (unpaired) electrons. The maximum atomic E-state index is 12.5. The topological polar surface area (TPSA) is 38.5 Å². The van der Waals surface area contributed by atoms with Crippen LogP contribution in [0.2, 0.25) is 0 Å². The minimum atomic E-state index is -2.79. The summed E-state index contributed by atoms with van der Waals surface area (Å²) < 4.78 is 29.7. The molecule has 0 aromatic heterocycles. The van der Waals surface area contributed by atoms with E-state index in [1.165, 1.54) is 0 Å². The Morgan fingerprint density at radius 3 is 2.76 bits per heavy atom. The Bertz CT molecular complexity index is 456. The van der Waals surface area contributed by atoms with E-state index < -0.39 is 6.61 Å². The van der Waals surface area contributed by atoms with Gasteiger partial charge in [-0.2, -0.15) is 8.78 Å². The molecule has 1 aromatic rings. The van der Waals surface area contributed by atoms with E-state index in [4.69, 9.17) is 5.73 Å². The fourth-order valence-corrected chi connectivity index (χ4v) is 3.06. The molecule has 1 aliphatic heterocycles. The molecule has 3 unspecified atom stereocenters. The largest absolute Gasteiger partial charge is 0.434 e. The Hall–Kier alpha value is -1.20. The van der Waals surface area contributed by atoms with E-state index in [2.05, 4.69) is 16.6 Å². The van der Waals surface area contributed by atoms with Crippen molar-refractivity contribution in [3.63, 3.8) is 0 Å². The monoisotopic (exact) mass is 298 g/mol. The molecule has 1 fully saturated rings. The van der Waals surface area contributed by atoms with Crippen LogP contribution >= 0.6 is 0 Å². The third kappa shape index (κ3) is 3.92. The second-order valence-corrected chi connectivity index (χ2v) is 5.85. The van der Waals surface area contributed by atoms with Crippen LogP contribution in [0.5, 0.6) is 5.75 Å². The highest BCUT2D eigenvalue weighted by atomic mass is 19.3. The third-order valence-corrected chi connectivity index (χ3v) is 4.58. The molecule has 3 atom stereocenters. The highest BCUT2D eigenvalue weighted by Gasteiger charge is 2.29. The van der Waals surface area contributed by atoms with Crippen molar-refractivity contribution in [3.8, 4) is 5.75 Å². The number of likely N-dealkylation sites (tertiary alicyclic amines) is 1. The van der Waals surface area contributed by atoms with Gasteiger partial charge in [-0.05, 0) is 44.3 Å². The van der Waals surface area contributed by atoms with Gasteiger partial charge in [0.1, 0.15) is 5.75 Å². The second-order valence-electron chi connectivity index (χ2n) is 5.85. The van der Waals surface area contributed by atoms with E-state index in [0.717, 1.165) is 25.1 Å². The lowest BCUT2D eigenvalue weighted by Gasteiger charge is -2.40. The number of nitrogens with zero attached hydrogens (tertiary/aromatic N) is 1. The fourth-order valence-electron chi connectivity index (χ4n) is 3.06. The molecule has 0 spiro atoms. The number of nitrogens with two attached hydrogens (primary N) is 1. The van der Waals surface area contributed by atoms with Crippen molar-refractivity contribution in [3.05, 3.63) is 29.8 Å². The molecule has 0 saturated carbocycles. The van der Waals surface area contributed by atoms with E-state index in [1.807, 2.05) is 19.1 Å². The first kappa shape index (κ1) is 16.2. The van der Waals surface area contributed by atoms with Gasteiger partial charge in [0, 0.05) is 18.2 Å². The van der Waals surface area contributed by atoms with Gasteiger partial charge in [-0.15, -0.1) is 0 Å². The first-order chi connectivity index (χ1) is 10.0. The summed E-state index contributed by atoms with van der Waals surface area (Å²) in [5, 5.41) is 0. The van der Waals surface area contributed by atoms with E-state index in [0.29, 0.717) is 18.4 Å². The van der Waals surface area contributed by atoms with Crippen molar-refractivity contribution in [2.75, 3.05) is 19.6 Å². The summed E-state index contributed by atoms with van der Waals surface area (Å²) in [5.74, 6) is 1.35. The van der Waals surface area contributed by atoms with Gasteiger partial charge < -0.3 is 10.5 Å². The first-order valence-electron chi connectivity index (χ1n) is 7.50. The molecule has 1 aromatic carbocycles. The number of benzene rings is 1. The van der Waals surface area contributed by atoms with Crippen molar-refractivity contribution < 1.29 is 13.5 Å². The molecule has 1 saturated heterocycles. The average molecular weight is 298 g/mol. The van der Waals surface area contributed by atoms with Gasteiger partial charge in [0.05, 0.1) is 0 Å². The number of para-hydroxylation sites is 1. The fraction of sp³-hybridized carbons (Fsp3) is 0.625.